The summed E-state index contributed by atoms with van der Waals surface area (Å²) in [5, 5.41) is 11.7. The molecule has 1 aromatic rings. The molecular formula is C14H17NO5S. The molecule has 0 saturated carbocycles. The van der Waals surface area contributed by atoms with Gasteiger partial charge < -0.3 is 15.2 Å². The Morgan fingerprint density at radius 1 is 1.24 bits per heavy atom. The molecule has 2 unspecified atom stereocenters. The average molecular weight is 311 g/mol. The minimum Gasteiger partial charge on any atom is -0.481 e. The van der Waals surface area contributed by atoms with Crippen LogP contribution in [0.2, 0.25) is 0 Å². The summed E-state index contributed by atoms with van der Waals surface area (Å²) in [4.78, 5) is 11.2. The number of carboxylic acids is 1. The maximum Gasteiger partial charge on any atom is 0.307 e. The zero-order valence-corrected chi connectivity index (χ0v) is 12.2. The van der Waals surface area contributed by atoms with Crippen LogP contribution in [-0.2, 0) is 19.4 Å². The second-order valence-electron chi connectivity index (χ2n) is 5.51. The third-order valence-electron chi connectivity index (χ3n) is 4.14. The van der Waals surface area contributed by atoms with Crippen molar-refractivity contribution >= 4 is 15.8 Å². The molecule has 0 amide bonds. The van der Waals surface area contributed by atoms with E-state index in [1.807, 2.05) is 0 Å². The second-order valence-corrected chi connectivity index (χ2v) is 7.73. The lowest BCUT2D eigenvalue weighted by Crippen LogP contribution is -2.40. The van der Waals surface area contributed by atoms with E-state index in [0.717, 1.165) is 5.56 Å². The van der Waals surface area contributed by atoms with Crippen LogP contribution in [0.15, 0.2) is 29.2 Å². The van der Waals surface area contributed by atoms with E-state index in [4.69, 9.17) is 9.84 Å². The lowest BCUT2D eigenvalue weighted by atomic mass is 10.0. The van der Waals surface area contributed by atoms with E-state index < -0.39 is 21.1 Å². The first-order valence-electron chi connectivity index (χ1n) is 6.86. The highest BCUT2D eigenvalue weighted by Crippen LogP contribution is 2.29. The van der Waals surface area contributed by atoms with Crippen molar-refractivity contribution in [2.24, 2.45) is 5.92 Å². The highest BCUT2D eigenvalue weighted by molar-refractivity contribution is 7.92. The molecule has 0 aliphatic carbocycles. The van der Waals surface area contributed by atoms with E-state index in [0.29, 0.717) is 17.9 Å². The van der Waals surface area contributed by atoms with Gasteiger partial charge in [0.25, 0.3) is 0 Å². The van der Waals surface area contributed by atoms with Gasteiger partial charge in [0.1, 0.15) is 5.25 Å². The van der Waals surface area contributed by atoms with Crippen molar-refractivity contribution < 1.29 is 23.1 Å². The van der Waals surface area contributed by atoms with E-state index >= 15 is 0 Å². The van der Waals surface area contributed by atoms with Gasteiger partial charge in [-0.25, -0.2) is 8.42 Å². The van der Waals surface area contributed by atoms with E-state index in [-0.39, 0.29) is 25.2 Å². The Labute approximate surface area is 123 Å². The molecule has 1 aromatic carbocycles. The molecular weight excluding hydrogens is 294 g/mol. The summed E-state index contributed by atoms with van der Waals surface area (Å²) in [6, 6.07) is 6.68. The monoisotopic (exact) mass is 311 g/mol. The summed E-state index contributed by atoms with van der Waals surface area (Å²) in [6.45, 7) is 0.961. The number of aliphatic carboxylic acids is 1. The van der Waals surface area contributed by atoms with Gasteiger partial charge in [0.15, 0.2) is 9.84 Å². The fourth-order valence-corrected chi connectivity index (χ4v) is 4.10. The zero-order valence-electron chi connectivity index (χ0n) is 11.4. The molecule has 2 N–H and O–H groups in total. The predicted molar refractivity (Wildman–Crippen MR) is 74.7 cm³/mol. The Balaban J connectivity index is 1.74. The maximum absolute atomic E-state index is 12.2. The van der Waals surface area contributed by atoms with Crippen LogP contribution in [0.3, 0.4) is 0 Å². The van der Waals surface area contributed by atoms with Gasteiger partial charge in [0, 0.05) is 12.6 Å². The largest absolute Gasteiger partial charge is 0.481 e. The van der Waals surface area contributed by atoms with Gasteiger partial charge in [0.2, 0.25) is 0 Å². The molecule has 0 aromatic heterocycles. The Morgan fingerprint density at radius 2 is 1.90 bits per heavy atom. The number of hydrogen-bond donors (Lipinski definition) is 2. The average Bonchev–Trinajstić information content (AvgIpc) is 2.86. The summed E-state index contributed by atoms with van der Waals surface area (Å²) in [5.74, 6) is -1.18. The van der Waals surface area contributed by atoms with Gasteiger partial charge in [-0.3, -0.25) is 4.79 Å². The van der Waals surface area contributed by atoms with Crippen LogP contribution in [0.1, 0.15) is 18.0 Å². The van der Waals surface area contributed by atoms with Gasteiger partial charge in [-0.1, -0.05) is 12.1 Å². The van der Waals surface area contributed by atoms with Crippen LogP contribution in [-0.4, -0.2) is 44.5 Å². The first-order chi connectivity index (χ1) is 9.98. The van der Waals surface area contributed by atoms with Gasteiger partial charge in [-0.2, -0.15) is 0 Å². The Kier molecular flexibility index (Phi) is 3.73. The lowest BCUT2D eigenvalue weighted by Gasteiger charge is -2.25. The smallest absolute Gasteiger partial charge is 0.307 e. The van der Waals surface area contributed by atoms with Crippen molar-refractivity contribution in [1.29, 1.82) is 0 Å². The number of ether oxygens (including phenoxy) is 1. The van der Waals surface area contributed by atoms with E-state index in [1.54, 1.807) is 24.3 Å². The van der Waals surface area contributed by atoms with E-state index in [1.165, 1.54) is 0 Å². The minimum absolute atomic E-state index is 0.0325. The van der Waals surface area contributed by atoms with Gasteiger partial charge in [-0.15, -0.1) is 0 Å². The fraction of sp³-hybridized carbons (Fsp3) is 0.500. The molecule has 2 atom stereocenters. The van der Waals surface area contributed by atoms with Crippen molar-refractivity contribution in [1.82, 2.24) is 5.32 Å². The van der Waals surface area contributed by atoms with Crippen molar-refractivity contribution in [3.05, 3.63) is 29.8 Å². The van der Waals surface area contributed by atoms with E-state index in [9.17, 15) is 13.2 Å². The second kappa shape index (κ2) is 5.40. The maximum atomic E-state index is 12.2. The third-order valence-corrected chi connectivity index (χ3v) is 6.22. The molecule has 2 saturated heterocycles. The standard InChI is InChI=1S/C14H17NO5S/c16-14(17)10-5-13(15-6-10)9-1-3-11(4-2-9)21(18,19)12-7-20-8-12/h1-4,10,12-13,15H,5-8H2,(H,16,17). The summed E-state index contributed by atoms with van der Waals surface area (Å²) >= 11 is 0. The molecule has 0 spiro atoms. The first-order valence-corrected chi connectivity index (χ1v) is 8.41. The fourth-order valence-electron chi connectivity index (χ4n) is 2.65. The number of carboxylic acid groups (broad SMARTS) is 1. The summed E-state index contributed by atoms with van der Waals surface area (Å²) in [6.07, 6.45) is 0.526. The van der Waals surface area contributed by atoms with Crippen molar-refractivity contribution in [2.45, 2.75) is 22.6 Å². The molecule has 3 rings (SSSR count). The number of sulfone groups is 1. The van der Waals surface area contributed by atoms with Gasteiger partial charge in [-0.05, 0) is 24.1 Å². The van der Waals surface area contributed by atoms with Crippen LogP contribution in [0.4, 0.5) is 0 Å². The molecule has 114 valence electrons. The number of nitrogens with one attached hydrogen (secondary N) is 1. The molecule has 2 fully saturated rings. The topological polar surface area (TPSA) is 92.7 Å². The third kappa shape index (κ3) is 2.68. The zero-order chi connectivity index (χ0) is 15.0. The molecule has 21 heavy (non-hydrogen) atoms. The number of rotatable bonds is 4. The van der Waals surface area contributed by atoms with E-state index in [2.05, 4.69) is 5.32 Å². The number of benzene rings is 1. The SMILES string of the molecule is O=C(O)C1CNC(c2ccc(S(=O)(=O)C3COC3)cc2)C1. The number of hydrogen-bond acceptors (Lipinski definition) is 5. The Morgan fingerprint density at radius 3 is 2.38 bits per heavy atom. The Bertz CT molecular complexity index is 636. The van der Waals surface area contributed by atoms with Crippen LogP contribution in [0.5, 0.6) is 0 Å². The van der Waals surface area contributed by atoms with Gasteiger partial charge >= 0.3 is 5.97 Å². The lowest BCUT2D eigenvalue weighted by molar-refractivity contribution is -0.141. The molecule has 0 radical (unpaired) electrons. The van der Waals surface area contributed by atoms with Gasteiger partial charge in [0.05, 0.1) is 24.0 Å². The Hall–Kier alpha value is -1.44. The quantitative estimate of drug-likeness (QED) is 0.845. The molecule has 0 bridgehead atoms. The molecule has 2 aliphatic heterocycles. The normalized spacial score (nSPS) is 26.5. The van der Waals surface area contributed by atoms with Crippen molar-refractivity contribution in [3.8, 4) is 0 Å². The summed E-state index contributed by atoms with van der Waals surface area (Å²) in [5.41, 5.74) is 0.919. The van der Waals surface area contributed by atoms with Crippen LogP contribution < -0.4 is 5.32 Å². The highest BCUT2D eigenvalue weighted by atomic mass is 32.2. The van der Waals surface area contributed by atoms with Crippen molar-refractivity contribution in [3.63, 3.8) is 0 Å². The number of carbonyl (C=O) groups is 1. The van der Waals surface area contributed by atoms with Crippen LogP contribution >= 0.6 is 0 Å². The van der Waals surface area contributed by atoms with Crippen molar-refractivity contribution in [2.75, 3.05) is 19.8 Å². The summed E-state index contributed by atoms with van der Waals surface area (Å²) in [7, 11) is -3.31. The molecule has 2 aliphatic rings. The van der Waals surface area contributed by atoms with Crippen LogP contribution in [0.25, 0.3) is 0 Å². The minimum atomic E-state index is -3.31. The predicted octanol–water partition coefficient (Wildman–Crippen LogP) is 0.594. The first kappa shape index (κ1) is 14.5. The molecule has 7 heteroatoms. The highest BCUT2D eigenvalue weighted by Gasteiger charge is 2.34. The molecule has 6 nitrogen and oxygen atoms in total. The summed E-state index contributed by atoms with van der Waals surface area (Å²) < 4.78 is 29.4. The van der Waals surface area contributed by atoms with Crippen LogP contribution in [0, 0.1) is 5.92 Å². The molecule has 2 heterocycles.